The smallest absolute Gasteiger partial charge is 0.181 e. The first-order chi connectivity index (χ1) is 9.92. The molecular formula is C16H10O4. The molecule has 0 aliphatic rings. The molecule has 4 aromatic rings. The number of hydrogen-bond acceptors (Lipinski definition) is 4. The topological polar surface area (TPSA) is 52.6 Å². The highest BCUT2D eigenvalue weighted by Crippen LogP contribution is 2.39. The third kappa shape index (κ3) is 1.70. The molecule has 4 aromatic heterocycles. The predicted octanol–water partition coefficient (Wildman–Crippen LogP) is 5.06. The van der Waals surface area contributed by atoms with Crippen molar-refractivity contribution in [1.82, 2.24) is 0 Å². The SMILES string of the molecule is c1coc(-c2cc(-c3ccco3)c(-c3ccco3)o2)c1. The summed E-state index contributed by atoms with van der Waals surface area (Å²) in [6, 6.07) is 12.9. The Bertz CT molecular complexity index is 735. The van der Waals surface area contributed by atoms with E-state index in [9.17, 15) is 0 Å². The molecule has 4 heteroatoms. The molecule has 0 aliphatic heterocycles. The molecule has 4 heterocycles. The van der Waals surface area contributed by atoms with Gasteiger partial charge < -0.3 is 17.7 Å². The summed E-state index contributed by atoms with van der Waals surface area (Å²) >= 11 is 0. The lowest BCUT2D eigenvalue weighted by atomic mass is 10.1. The molecule has 0 bridgehead atoms. The summed E-state index contributed by atoms with van der Waals surface area (Å²) in [4.78, 5) is 0. The van der Waals surface area contributed by atoms with Crippen molar-refractivity contribution in [2.45, 2.75) is 0 Å². The molecule has 0 atom stereocenters. The molecule has 0 saturated heterocycles. The summed E-state index contributed by atoms with van der Waals surface area (Å²) in [6.45, 7) is 0. The zero-order valence-corrected chi connectivity index (χ0v) is 10.4. The minimum Gasteiger partial charge on any atom is -0.464 e. The van der Waals surface area contributed by atoms with E-state index in [2.05, 4.69) is 0 Å². The van der Waals surface area contributed by atoms with Crippen molar-refractivity contribution in [1.29, 1.82) is 0 Å². The molecule has 0 radical (unpaired) electrons. The second kappa shape index (κ2) is 4.35. The standard InChI is InChI=1S/C16H10O4/c1-4-12(17-7-1)11-10-15(13-5-2-8-18-13)20-16(11)14-6-3-9-19-14/h1-10H. The van der Waals surface area contributed by atoms with Gasteiger partial charge in [0.2, 0.25) is 0 Å². The van der Waals surface area contributed by atoms with E-state index in [1.807, 2.05) is 42.5 Å². The van der Waals surface area contributed by atoms with Crippen LogP contribution in [0.15, 0.2) is 78.9 Å². The molecule has 98 valence electrons. The third-order valence-electron chi connectivity index (χ3n) is 3.03. The molecule has 0 N–H and O–H groups in total. The quantitative estimate of drug-likeness (QED) is 0.520. The van der Waals surface area contributed by atoms with Crippen LogP contribution in [0, 0.1) is 0 Å². The van der Waals surface area contributed by atoms with Gasteiger partial charge in [-0.3, -0.25) is 0 Å². The predicted molar refractivity (Wildman–Crippen MR) is 71.8 cm³/mol. The van der Waals surface area contributed by atoms with Crippen molar-refractivity contribution in [3.63, 3.8) is 0 Å². The van der Waals surface area contributed by atoms with Crippen LogP contribution in [0.3, 0.4) is 0 Å². The van der Waals surface area contributed by atoms with Crippen molar-refractivity contribution in [3.05, 3.63) is 61.3 Å². The maximum absolute atomic E-state index is 5.88. The molecule has 4 rings (SSSR count). The monoisotopic (exact) mass is 266 g/mol. The number of hydrogen-bond donors (Lipinski definition) is 0. The van der Waals surface area contributed by atoms with Crippen LogP contribution in [0.5, 0.6) is 0 Å². The average molecular weight is 266 g/mol. The van der Waals surface area contributed by atoms with Gasteiger partial charge in [0.15, 0.2) is 23.0 Å². The molecule has 0 aliphatic carbocycles. The minimum absolute atomic E-state index is 0.622. The van der Waals surface area contributed by atoms with Crippen LogP contribution in [0.25, 0.3) is 34.4 Å². The van der Waals surface area contributed by atoms with Crippen LogP contribution < -0.4 is 0 Å². The van der Waals surface area contributed by atoms with Crippen LogP contribution in [0.1, 0.15) is 0 Å². The van der Waals surface area contributed by atoms with E-state index in [0.29, 0.717) is 23.0 Å². The summed E-state index contributed by atoms with van der Waals surface area (Å²) in [5.74, 6) is 3.28. The zero-order valence-electron chi connectivity index (χ0n) is 10.4. The van der Waals surface area contributed by atoms with Gasteiger partial charge >= 0.3 is 0 Å². The average Bonchev–Trinajstić information content (AvgIpc) is 3.22. The Balaban J connectivity index is 1.92. The zero-order chi connectivity index (χ0) is 13.4. The van der Waals surface area contributed by atoms with E-state index in [1.165, 1.54) is 0 Å². The first kappa shape index (κ1) is 11.0. The summed E-state index contributed by atoms with van der Waals surface area (Å²) < 4.78 is 22.1. The van der Waals surface area contributed by atoms with Gasteiger partial charge in [-0.05, 0) is 42.5 Å². The Labute approximate surface area is 114 Å². The molecule has 4 nitrogen and oxygen atoms in total. The van der Waals surface area contributed by atoms with Gasteiger partial charge in [-0.25, -0.2) is 0 Å². The van der Waals surface area contributed by atoms with Gasteiger partial charge in [-0.2, -0.15) is 0 Å². The minimum atomic E-state index is 0.622. The van der Waals surface area contributed by atoms with E-state index < -0.39 is 0 Å². The largest absolute Gasteiger partial charge is 0.464 e. The van der Waals surface area contributed by atoms with E-state index in [0.717, 1.165) is 11.3 Å². The van der Waals surface area contributed by atoms with Crippen molar-refractivity contribution in [2.24, 2.45) is 0 Å². The van der Waals surface area contributed by atoms with Crippen LogP contribution >= 0.6 is 0 Å². The first-order valence-corrected chi connectivity index (χ1v) is 6.17. The van der Waals surface area contributed by atoms with Gasteiger partial charge in [0.25, 0.3) is 0 Å². The Hall–Kier alpha value is -2.88. The Morgan fingerprint density at radius 2 is 1.20 bits per heavy atom. The van der Waals surface area contributed by atoms with Crippen molar-refractivity contribution in [3.8, 4) is 34.4 Å². The summed E-state index contributed by atoms with van der Waals surface area (Å²) in [6.07, 6.45) is 4.84. The second-order valence-corrected chi connectivity index (χ2v) is 4.29. The summed E-state index contributed by atoms with van der Waals surface area (Å²) in [7, 11) is 0. The molecule has 0 aromatic carbocycles. The van der Waals surface area contributed by atoms with E-state index in [4.69, 9.17) is 17.7 Å². The second-order valence-electron chi connectivity index (χ2n) is 4.29. The maximum atomic E-state index is 5.88. The van der Waals surface area contributed by atoms with Crippen LogP contribution in [0.2, 0.25) is 0 Å². The molecule has 0 unspecified atom stereocenters. The Morgan fingerprint density at radius 1 is 0.600 bits per heavy atom. The van der Waals surface area contributed by atoms with Crippen molar-refractivity contribution < 1.29 is 17.7 Å². The third-order valence-corrected chi connectivity index (χ3v) is 3.03. The van der Waals surface area contributed by atoms with Crippen molar-refractivity contribution in [2.75, 3.05) is 0 Å². The Morgan fingerprint density at radius 3 is 1.80 bits per heavy atom. The van der Waals surface area contributed by atoms with Gasteiger partial charge in [-0.15, -0.1) is 0 Å². The lowest BCUT2D eigenvalue weighted by molar-refractivity contribution is 0.508. The lowest BCUT2D eigenvalue weighted by Gasteiger charge is -1.95. The summed E-state index contributed by atoms with van der Waals surface area (Å²) in [5.41, 5.74) is 0.830. The first-order valence-electron chi connectivity index (χ1n) is 6.17. The highest BCUT2D eigenvalue weighted by Gasteiger charge is 2.20. The maximum Gasteiger partial charge on any atom is 0.181 e. The van der Waals surface area contributed by atoms with E-state index in [1.54, 1.807) is 18.8 Å². The van der Waals surface area contributed by atoms with Crippen LogP contribution in [0.4, 0.5) is 0 Å². The number of furan rings is 4. The van der Waals surface area contributed by atoms with E-state index >= 15 is 0 Å². The fraction of sp³-hybridized carbons (Fsp3) is 0. The molecule has 0 amide bonds. The van der Waals surface area contributed by atoms with Gasteiger partial charge in [0.1, 0.15) is 5.76 Å². The van der Waals surface area contributed by atoms with Gasteiger partial charge in [-0.1, -0.05) is 0 Å². The molecular weight excluding hydrogens is 256 g/mol. The Kier molecular flexibility index (Phi) is 2.39. The van der Waals surface area contributed by atoms with Gasteiger partial charge in [0, 0.05) is 0 Å². The lowest BCUT2D eigenvalue weighted by Crippen LogP contribution is -1.73. The molecule has 0 fully saturated rings. The molecule has 0 saturated carbocycles. The highest BCUT2D eigenvalue weighted by atomic mass is 16.4. The molecule has 0 spiro atoms. The van der Waals surface area contributed by atoms with Crippen LogP contribution in [-0.2, 0) is 0 Å². The van der Waals surface area contributed by atoms with Crippen LogP contribution in [-0.4, -0.2) is 0 Å². The fourth-order valence-corrected chi connectivity index (χ4v) is 2.14. The fourth-order valence-electron chi connectivity index (χ4n) is 2.14. The van der Waals surface area contributed by atoms with Crippen molar-refractivity contribution >= 4 is 0 Å². The highest BCUT2D eigenvalue weighted by molar-refractivity contribution is 5.78. The number of rotatable bonds is 3. The van der Waals surface area contributed by atoms with Gasteiger partial charge in [0.05, 0.1) is 24.4 Å². The molecule has 20 heavy (non-hydrogen) atoms. The summed E-state index contributed by atoms with van der Waals surface area (Å²) in [5, 5.41) is 0. The van der Waals surface area contributed by atoms with E-state index in [-0.39, 0.29) is 0 Å². The normalized spacial score (nSPS) is 11.0.